The van der Waals surface area contributed by atoms with E-state index in [0.29, 0.717) is 12.5 Å². The summed E-state index contributed by atoms with van der Waals surface area (Å²) >= 11 is 0. The molecule has 5 heteroatoms. The summed E-state index contributed by atoms with van der Waals surface area (Å²) in [7, 11) is 1.54. The maximum Gasteiger partial charge on any atom is 0.248 e. The zero-order valence-corrected chi connectivity index (χ0v) is 14.9. The van der Waals surface area contributed by atoms with Crippen LogP contribution in [0.25, 0.3) is 6.08 Å². The van der Waals surface area contributed by atoms with Gasteiger partial charge in [0.15, 0.2) is 0 Å². The van der Waals surface area contributed by atoms with Gasteiger partial charge in [-0.3, -0.25) is 9.78 Å². The average Bonchev–Trinajstić information content (AvgIpc) is 3.04. The number of rotatable bonds is 8. The van der Waals surface area contributed by atoms with E-state index in [2.05, 4.69) is 31.0 Å². The van der Waals surface area contributed by atoms with Crippen LogP contribution in [-0.2, 0) is 9.53 Å². The molecule has 0 aliphatic carbocycles. The molecule has 1 saturated heterocycles. The van der Waals surface area contributed by atoms with Gasteiger partial charge in [-0.1, -0.05) is 32.4 Å². The summed E-state index contributed by atoms with van der Waals surface area (Å²) in [6.07, 6.45) is 11.0. The number of pyridine rings is 1. The van der Waals surface area contributed by atoms with E-state index in [0.717, 1.165) is 30.7 Å². The number of nitrogens with zero attached hydrogens (tertiary/aromatic N) is 2. The Labute approximate surface area is 144 Å². The normalized spacial score (nSPS) is 19.0. The zero-order valence-electron chi connectivity index (χ0n) is 14.9. The molecule has 1 fully saturated rings. The van der Waals surface area contributed by atoms with Crippen molar-refractivity contribution >= 4 is 12.0 Å². The van der Waals surface area contributed by atoms with E-state index in [-0.39, 0.29) is 18.6 Å². The summed E-state index contributed by atoms with van der Waals surface area (Å²) in [4.78, 5) is 17.9. The molecule has 1 aliphatic rings. The third-order valence-corrected chi connectivity index (χ3v) is 4.35. The maximum absolute atomic E-state index is 11.8. The molecule has 132 valence electrons. The van der Waals surface area contributed by atoms with Crippen LogP contribution < -0.4 is 4.74 Å². The van der Waals surface area contributed by atoms with Gasteiger partial charge in [-0.25, -0.2) is 0 Å². The third-order valence-electron chi connectivity index (χ3n) is 4.35. The Morgan fingerprint density at radius 2 is 2.33 bits per heavy atom. The number of hydrogen-bond donors (Lipinski definition) is 0. The van der Waals surface area contributed by atoms with Crippen molar-refractivity contribution in [1.82, 2.24) is 9.88 Å². The van der Waals surface area contributed by atoms with Gasteiger partial charge in [0.05, 0.1) is 12.7 Å². The molecule has 0 N–H and O–H groups in total. The van der Waals surface area contributed by atoms with Gasteiger partial charge in [0.25, 0.3) is 0 Å². The topological polar surface area (TPSA) is 51.7 Å². The van der Waals surface area contributed by atoms with E-state index >= 15 is 0 Å². The molecule has 0 aromatic carbocycles. The molecule has 1 aromatic rings. The highest BCUT2D eigenvalue weighted by Gasteiger charge is 2.27. The Hall–Kier alpha value is -1.88. The Kier molecular flexibility index (Phi) is 7.25. The first-order valence-corrected chi connectivity index (χ1v) is 8.67. The maximum atomic E-state index is 11.8. The van der Waals surface area contributed by atoms with Crippen LogP contribution in [0.2, 0.25) is 0 Å². The highest BCUT2D eigenvalue weighted by Crippen LogP contribution is 2.20. The van der Waals surface area contributed by atoms with Crippen LogP contribution in [0.4, 0.5) is 0 Å². The summed E-state index contributed by atoms with van der Waals surface area (Å²) in [5.41, 5.74) is 1.04. The fourth-order valence-electron chi connectivity index (χ4n) is 2.65. The predicted molar refractivity (Wildman–Crippen MR) is 94.8 cm³/mol. The fraction of sp³-hybridized carbons (Fsp3) is 0.579. The highest BCUT2D eigenvalue weighted by molar-refractivity contribution is 5.77. The van der Waals surface area contributed by atoms with E-state index < -0.39 is 0 Å². The Morgan fingerprint density at radius 3 is 3.08 bits per heavy atom. The minimum absolute atomic E-state index is 0.0171. The van der Waals surface area contributed by atoms with Gasteiger partial charge in [0, 0.05) is 26.3 Å². The summed E-state index contributed by atoms with van der Waals surface area (Å²) in [5, 5.41) is 0. The van der Waals surface area contributed by atoms with E-state index in [4.69, 9.17) is 9.47 Å². The Bertz CT molecular complexity index is 559. The number of allylic oxidation sites excluding steroid dienone is 1. The van der Waals surface area contributed by atoms with Crippen LogP contribution in [-0.4, -0.2) is 48.7 Å². The minimum atomic E-state index is 0.0171. The molecular formula is C19H28N2O3. The first-order valence-electron chi connectivity index (χ1n) is 8.67. The largest absolute Gasteiger partial charge is 0.487 e. The molecule has 5 nitrogen and oxygen atoms in total. The first-order chi connectivity index (χ1) is 11.6. The highest BCUT2D eigenvalue weighted by atomic mass is 16.5. The predicted octanol–water partition coefficient (Wildman–Crippen LogP) is 3.16. The fourth-order valence-corrected chi connectivity index (χ4v) is 2.65. The first kappa shape index (κ1) is 18.5. The van der Waals surface area contributed by atoms with Gasteiger partial charge in [-0.2, -0.15) is 0 Å². The van der Waals surface area contributed by atoms with Crippen molar-refractivity contribution in [2.24, 2.45) is 5.92 Å². The standard InChI is InChI=1S/C19H28N2O3/c1-4-15(2)6-5-7-16-10-18(12-20-11-16)24-17-8-9-21(13-17)19(22)14-23-3/h5,7,10-12,15,17H,4,6,8-9,13-14H2,1-3H3/b7-5+/t15-,17+/m1/s1. The van der Waals surface area contributed by atoms with Gasteiger partial charge in [0.2, 0.25) is 5.91 Å². The average molecular weight is 332 g/mol. The number of ether oxygens (including phenoxy) is 2. The van der Waals surface area contributed by atoms with Gasteiger partial charge < -0.3 is 14.4 Å². The minimum Gasteiger partial charge on any atom is -0.487 e. The lowest BCUT2D eigenvalue weighted by atomic mass is 10.0. The van der Waals surface area contributed by atoms with Crippen molar-refractivity contribution in [3.05, 3.63) is 30.1 Å². The van der Waals surface area contributed by atoms with Crippen molar-refractivity contribution in [1.29, 1.82) is 0 Å². The Morgan fingerprint density at radius 1 is 1.50 bits per heavy atom. The summed E-state index contributed by atoms with van der Waals surface area (Å²) < 4.78 is 10.9. The van der Waals surface area contributed by atoms with E-state index in [1.165, 1.54) is 13.5 Å². The lowest BCUT2D eigenvalue weighted by molar-refractivity contribution is -0.134. The summed E-state index contributed by atoms with van der Waals surface area (Å²) in [5.74, 6) is 1.47. The third kappa shape index (κ3) is 5.64. The van der Waals surface area contributed by atoms with Crippen LogP contribution in [0.5, 0.6) is 5.75 Å². The molecule has 2 atom stereocenters. The molecule has 0 saturated carbocycles. The summed E-state index contributed by atoms with van der Waals surface area (Å²) in [6, 6.07) is 2.00. The molecule has 1 aromatic heterocycles. The molecule has 0 spiro atoms. The lowest BCUT2D eigenvalue weighted by Gasteiger charge is -2.16. The van der Waals surface area contributed by atoms with Gasteiger partial charge >= 0.3 is 0 Å². The second-order valence-electron chi connectivity index (χ2n) is 6.41. The molecule has 1 amide bonds. The van der Waals surface area contributed by atoms with Crippen molar-refractivity contribution in [2.75, 3.05) is 26.8 Å². The van der Waals surface area contributed by atoms with Gasteiger partial charge in [-0.05, 0) is 24.0 Å². The zero-order chi connectivity index (χ0) is 17.4. The second-order valence-corrected chi connectivity index (χ2v) is 6.41. The monoisotopic (exact) mass is 332 g/mol. The van der Waals surface area contributed by atoms with Crippen LogP contribution in [0, 0.1) is 5.92 Å². The SMILES string of the molecule is CC[C@@H](C)C/C=C/c1cncc(O[C@H]2CCN(C(=O)COC)C2)c1. The molecule has 2 rings (SSSR count). The van der Waals surface area contributed by atoms with Crippen molar-refractivity contribution in [2.45, 2.75) is 39.2 Å². The Balaban J connectivity index is 1.87. The molecule has 24 heavy (non-hydrogen) atoms. The van der Waals surface area contributed by atoms with Crippen LogP contribution in [0.1, 0.15) is 38.7 Å². The smallest absolute Gasteiger partial charge is 0.248 e. The molecule has 2 heterocycles. The number of aromatic nitrogens is 1. The van der Waals surface area contributed by atoms with Crippen LogP contribution in [0.15, 0.2) is 24.5 Å². The van der Waals surface area contributed by atoms with Crippen molar-refractivity contribution in [3.8, 4) is 5.75 Å². The number of carbonyl (C=O) groups excluding carboxylic acids is 1. The van der Waals surface area contributed by atoms with Gasteiger partial charge in [-0.15, -0.1) is 0 Å². The van der Waals surface area contributed by atoms with E-state index in [9.17, 15) is 4.79 Å². The number of amides is 1. The van der Waals surface area contributed by atoms with Crippen LogP contribution in [0.3, 0.4) is 0 Å². The number of methoxy groups -OCH3 is 1. The molecular weight excluding hydrogens is 304 g/mol. The van der Waals surface area contributed by atoms with E-state index in [1.54, 1.807) is 11.1 Å². The van der Waals surface area contributed by atoms with Crippen molar-refractivity contribution in [3.63, 3.8) is 0 Å². The molecule has 0 unspecified atom stereocenters. The summed E-state index contributed by atoms with van der Waals surface area (Å²) in [6.45, 7) is 5.91. The number of likely N-dealkylation sites (tertiary alicyclic amines) is 1. The van der Waals surface area contributed by atoms with E-state index in [1.807, 2.05) is 12.3 Å². The molecule has 1 aliphatic heterocycles. The van der Waals surface area contributed by atoms with Gasteiger partial charge in [0.1, 0.15) is 18.5 Å². The quantitative estimate of drug-likeness (QED) is 0.734. The number of hydrogen-bond acceptors (Lipinski definition) is 4. The number of carbonyl (C=O) groups is 1. The van der Waals surface area contributed by atoms with Crippen LogP contribution >= 0.6 is 0 Å². The lowest BCUT2D eigenvalue weighted by Crippen LogP contribution is -2.33. The van der Waals surface area contributed by atoms with Crippen molar-refractivity contribution < 1.29 is 14.3 Å². The molecule has 0 radical (unpaired) electrons. The molecule has 0 bridgehead atoms. The second kappa shape index (κ2) is 9.42.